The van der Waals surface area contributed by atoms with Crippen molar-refractivity contribution in [2.75, 3.05) is 5.33 Å². The first-order chi connectivity index (χ1) is 3.68. The van der Waals surface area contributed by atoms with Crippen LogP contribution in [0.3, 0.4) is 0 Å². The minimum absolute atomic E-state index is 0.542. The van der Waals surface area contributed by atoms with Crippen LogP contribution in [0.1, 0.15) is 33.6 Å². The zero-order chi connectivity index (χ0) is 6.62. The van der Waals surface area contributed by atoms with Crippen LogP contribution < -0.4 is 0 Å². The molecule has 8 heavy (non-hydrogen) atoms. The predicted molar refractivity (Wildman–Crippen MR) is 42.5 cm³/mol. The number of hydrogen-bond acceptors (Lipinski definition) is 0. The SMILES string of the molecule is CCC(C)(CC)CBr. The maximum Gasteiger partial charge on any atom is 0.00851 e. The van der Waals surface area contributed by atoms with Gasteiger partial charge in [-0.25, -0.2) is 0 Å². The monoisotopic (exact) mass is 178 g/mol. The molecule has 0 aromatic rings. The highest BCUT2D eigenvalue weighted by atomic mass is 79.9. The van der Waals surface area contributed by atoms with Gasteiger partial charge in [0.05, 0.1) is 0 Å². The van der Waals surface area contributed by atoms with Crippen LogP contribution in [0.25, 0.3) is 0 Å². The van der Waals surface area contributed by atoms with Crippen LogP contribution in [0.2, 0.25) is 0 Å². The van der Waals surface area contributed by atoms with E-state index >= 15 is 0 Å². The summed E-state index contributed by atoms with van der Waals surface area (Å²) in [6.07, 6.45) is 2.55. The molecule has 1 heteroatoms. The number of halogens is 1. The largest absolute Gasteiger partial charge is 0.0922 e. The maximum atomic E-state index is 3.49. The Morgan fingerprint density at radius 1 is 1.25 bits per heavy atom. The summed E-state index contributed by atoms with van der Waals surface area (Å²) in [5, 5.41) is 1.13. The molecule has 0 nitrogen and oxygen atoms in total. The van der Waals surface area contributed by atoms with Gasteiger partial charge in [-0.05, 0) is 18.3 Å². The van der Waals surface area contributed by atoms with Gasteiger partial charge in [0.15, 0.2) is 0 Å². The highest BCUT2D eigenvalue weighted by molar-refractivity contribution is 9.09. The molecule has 50 valence electrons. The summed E-state index contributed by atoms with van der Waals surface area (Å²) >= 11 is 3.49. The minimum atomic E-state index is 0.542. The molecule has 0 bridgehead atoms. The number of alkyl halides is 1. The second-order valence-electron chi connectivity index (χ2n) is 2.65. The summed E-state index contributed by atoms with van der Waals surface area (Å²) < 4.78 is 0. The highest BCUT2D eigenvalue weighted by Gasteiger charge is 2.16. The fourth-order valence-corrected chi connectivity index (χ4v) is 1.23. The lowest BCUT2D eigenvalue weighted by molar-refractivity contribution is 0.350. The van der Waals surface area contributed by atoms with E-state index in [1.807, 2.05) is 0 Å². The normalized spacial score (nSPS) is 12.0. The van der Waals surface area contributed by atoms with E-state index in [-0.39, 0.29) is 0 Å². The van der Waals surface area contributed by atoms with Crippen LogP contribution in [-0.2, 0) is 0 Å². The number of rotatable bonds is 3. The molecule has 0 aromatic carbocycles. The first-order valence-corrected chi connectivity index (χ1v) is 4.36. The molecule has 0 radical (unpaired) electrons. The van der Waals surface area contributed by atoms with E-state index in [0.717, 1.165) is 5.33 Å². The van der Waals surface area contributed by atoms with Gasteiger partial charge in [0, 0.05) is 5.33 Å². The van der Waals surface area contributed by atoms with Crippen molar-refractivity contribution in [3.63, 3.8) is 0 Å². The Bertz CT molecular complexity index is 47.1. The van der Waals surface area contributed by atoms with Gasteiger partial charge in [0.2, 0.25) is 0 Å². The molecule has 0 aliphatic rings. The second-order valence-corrected chi connectivity index (χ2v) is 3.21. The molecule has 0 aliphatic carbocycles. The molecule has 0 fully saturated rings. The topological polar surface area (TPSA) is 0 Å². The van der Waals surface area contributed by atoms with Crippen molar-refractivity contribution in [3.05, 3.63) is 0 Å². The average molecular weight is 179 g/mol. The summed E-state index contributed by atoms with van der Waals surface area (Å²) in [6.45, 7) is 6.79. The van der Waals surface area contributed by atoms with Gasteiger partial charge in [-0.2, -0.15) is 0 Å². The summed E-state index contributed by atoms with van der Waals surface area (Å²) in [4.78, 5) is 0. The van der Waals surface area contributed by atoms with Gasteiger partial charge in [-0.15, -0.1) is 0 Å². The van der Waals surface area contributed by atoms with E-state index < -0.39 is 0 Å². The molecule has 0 atom stereocenters. The zero-order valence-electron chi connectivity index (χ0n) is 6.00. The third kappa shape index (κ3) is 2.17. The Morgan fingerprint density at radius 2 is 1.62 bits per heavy atom. The lowest BCUT2D eigenvalue weighted by atomic mass is 9.88. The van der Waals surface area contributed by atoms with Crippen molar-refractivity contribution in [1.82, 2.24) is 0 Å². The van der Waals surface area contributed by atoms with Gasteiger partial charge in [0.25, 0.3) is 0 Å². The van der Waals surface area contributed by atoms with E-state index in [2.05, 4.69) is 36.7 Å². The van der Waals surface area contributed by atoms with Crippen LogP contribution >= 0.6 is 15.9 Å². The minimum Gasteiger partial charge on any atom is -0.0922 e. The van der Waals surface area contributed by atoms with Crippen LogP contribution in [-0.4, -0.2) is 5.33 Å². The zero-order valence-corrected chi connectivity index (χ0v) is 7.59. The van der Waals surface area contributed by atoms with E-state index in [9.17, 15) is 0 Å². The fourth-order valence-electron chi connectivity index (χ4n) is 0.439. The van der Waals surface area contributed by atoms with Crippen molar-refractivity contribution in [1.29, 1.82) is 0 Å². The maximum absolute atomic E-state index is 3.49. The van der Waals surface area contributed by atoms with Gasteiger partial charge in [-0.1, -0.05) is 36.7 Å². The standard InChI is InChI=1S/C7H15Br/c1-4-7(3,5-2)6-8/h4-6H2,1-3H3. The highest BCUT2D eigenvalue weighted by Crippen LogP contribution is 2.26. The van der Waals surface area contributed by atoms with Crippen LogP contribution in [0, 0.1) is 5.41 Å². The Kier molecular flexibility index (Phi) is 3.70. The molecular formula is C7H15Br. The first kappa shape index (κ1) is 8.48. The molecule has 0 aliphatic heterocycles. The molecule has 0 rings (SSSR count). The molecule has 0 unspecified atom stereocenters. The third-order valence-corrected chi connectivity index (χ3v) is 3.38. The molecule has 0 aromatic heterocycles. The smallest absolute Gasteiger partial charge is 0.00851 e. The van der Waals surface area contributed by atoms with Crippen molar-refractivity contribution >= 4 is 15.9 Å². The van der Waals surface area contributed by atoms with Gasteiger partial charge in [0.1, 0.15) is 0 Å². The molecule has 0 spiro atoms. The van der Waals surface area contributed by atoms with E-state index in [1.165, 1.54) is 12.8 Å². The average Bonchev–Trinajstić information content (AvgIpc) is 1.87. The van der Waals surface area contributed by atoms with Gasteiger partial charge in [-0.3, -0.25) is 0 Å². The van der Waals surface area contributed by atoms with Crippen molar-refractivity contribution < 1.29 is 0 Å². The summed E-state index contributed by atoms with van der Waals surface area (Å²) in [5.41, 5.74) is 0.542. The second kappa shape index (κ2) is 3.49. The summed E-state index contributed by atoms with van der Waals surface area (Å²) in [5.74, 6) is 0. The molecular weight excluding hydrogens is 164 g/mol. The van der Waals surface area contributed by atoms with E-state index in [4.69, 9.17) is 0 Å². The Morgan fingerprint density at radius 3 is 1.62 bits per heavy atom. The summed E-state index contributed by atoms with van der Waals surface area (Å²) in [6, 6.07) is 0. The molecule has 0 N–H and O–H groups in total. The van der Waals surface area contributed by atoms with Crippen LogP contribution in [0.15, 0.2) is 0 Å². The first-order valence-electron chi connectivity index (χ1n) is 3.24. The lowest BCUT2D eigenvalue weighted by Crippen LogP contribution is -2.14. The number of hydrogen-bond donors (Lipinski definition) is 0. The van der Waals surface area contributed by atoms with Gasteiger partial charge < -0.3 is 0 Å². The van der Waals surface area contributed by atoms with Crippen LogP contribution in [0.4, 0.5) is 0 Å². The molecule has 0 saturated carbocycles. The Labute approximate surface area is 60.8 Å². The predicted octanol–water partition coefficient (Wildman–Crippen LogP) is 3.21. The fraction of sp³-hybridized carbons (Fsp3) is 1.00. The molecule has 0 saturated heterocycles. The van der Waals surface area contributed by atoms with Crippen molar-refractivity contribution in [2.45, 2.75) is 33.6 Å². The van der Waals surface area contributed by atoms with Crippen molar-refractivity contribution in [2.24, 2.45) is 5.41 Å². The van der Waals surface area contributed by atoms with Gasteiger partial charge >= 0.3 is 0 Å². The van der Waals surface area contributed by atoms with Crippen molar-refractivity contribution in [3.8, 4) is 0 Å². The summed E-state index contributed by atoms with van der Waals surface area (Å²) in [7, 11) is 0. The van der Waals surface area contributed by atoms with E-state index in [1.54, 1.807) is 0 Å². The molecule has 0 heterocycles. The molecule has 0 amide bonds. The quantitative estimate of drug-likeness (QED) is 0.583. The Balaban J connectivity index is 3.58. The van der Waals surface area contributed by atoms with E-state index in [0.29, 0.717) is 5.41 Å². The Hall–Kier alpha value is 0.480. The third-order valence-electron chi connectivity index (χ3n) is 2.03. The van der Waals surface area contributed by atoms with Crippen LogP contribution in [0.5, 0.6) is 0 Å². The lowest BCUT2D eigenvalue weighted by Gasteiger charge is -2.22.